The topological polar surface area (TPSA) is 73.1 Å². The van der Waals surface area contributed by atoms with E-state index in [0.29, 0.717) is 22.9 Å². The molecule has 2 aromatic carbocycles. The van der Waals surface area contributed by atoms with Crippen molar-refractivity contribution in [3.05, 3.63) is 65.6 Å². The number of halogens is 1. The molecule has 4 nitrogen and oxygen atoms in total. The SMILES string of the molecule is NC(=O)c1cc(-c2ccc(F)cc2)c2ccc(C=O)cc2n1. The first kappa shape index (κ1) is 13.9. The van der Waals surface area contributed by atoms with E-state index in [9.17, 15) is 14.0 Å². The first-order valence-electron chi connectivity index (χ1n) is 6.54. The third kappa shape index (κ3) is 2.44. The minimum atomic E-state index is -0.665. The van der Waals surface area contributed by atoms with E-state index in [1.165, 1.54) is 12.1 Å². The van der Waals surface area contributed by atoms with Gasteiger partial charge in [-0.3, -0.25) is 9.59 Å². The molecule has 3 rings (SSSR count). The number of aldehydes is 1. The fourth-order valence-corrected chi connectivity index (χ4v) is 2.31. The summed E-state index contributed by atoms with van der Waals surface area (Å²) in [7, 11) is 0. The molecular formula is C17H11FN2O2. The summed E-state index contributed by atoms with van der Waals surface area (Å²) in [6.45, 7) is 0. The average molecular weight is 294 g/mol. The summed E-state index contributed by atoms with van der Waals surface area (Å²) in [5, 5.41) is 0.752. The van der Waals surface area contributed by atoms with Crippen molar-refractivity contribution in [3.8, 4) is 11.1 Å². The summed E-state index contributed by atoms with van der Waals surface area (Å²) in [4.78, 5) is 26.5. The van der Waals surface area contributed by atoms with Crippen molar-refractivity contribution in [1.29, 1.82) is 0 Å². The average Bonchev–Trinajstić information content (AvgIpc) is 2.54. The van der Waals surface area contributed by atoms with Gasteiger partial charge in [0.05, 0.1) is 5.52 Å². The molecule has 108 valence electrons. The van der Waals surface area contributed by atoms with E-state index in [1.807, 2.05) is 0 Å². The van der Waals surface area contributed by atoms with Gasteiger partial charge in [0.2, 0.25) is 0 Å². The Hall–Kier alpha value is -3.08. The maximum atomic E-state index is 13.1. The first-order valence-corrected chi connectivity index (χ1v) is 6.54. The van der Waals surface area contributed by atoms with Crippen molar-refractivity contribution >= 4 is 23.1 Å². The van der Waals surface area contributed by atoms with E-state index in [0.717, 1.165) is 10.9 Å². The molecule has 0 spiro atoms. The zero-order valence-corrected chi connectivity index (χ0v) is 11.4. The monoisotopic (exact) mass is 294 g/mol. The van der Waals surface area contributed by atoms with E-state index < -0.39 is 5.91 Å². The van der Waals surface area contributed by atoms with Gasteiger partial charge < -0.3 is 5.73 Å². The molecule has 0 fully saturated rings. The Balaban J connectivity index is 2.33. The molecular weight excluding hydrogens is 283 g/mol. The van der Waals surface area contributed by atoms with E-state index in [1.54, 1.807) is 36.4 Å². The number of nitrogens with two attached hydrogens (primary N) is 1. The number of amides is 1. The number of benzene rings is 2. The Kier molecular flexibility index (Phi) is 3.39. The number of primary amides is 1. The van der Waals surface area contributed by atoms with Crippen LogP contribution >= 0.6 is 0 Å². The maximum absolute atomic E-state index is 13.1. The van der Waals surface area contributed by atoms with Crippen molar-refractivity contribution in [2.75, 3.05) is 0 Å². The lowest BCUT2D eigenvalue weighted by Gasteiger charge is -2.09. The van der Waals surface area contributed by atoms with E-state index in [4.69, 9.17) is 5.73 Å². The second kappa shape index (κ2) is 5.37. The van der Waals surface area contributed by atoms with Crippen LogP contribution in [0, 0.1) is 5.82 Å². The van der Waals surface area contributed by atoms with Crippen molar-refractivity contribution in [2.45, 2.75) is 0 Å². The van der Waals surface area contributed by atoms with Crippen molar-refractivity contribution in [2.24, 2.45) is 5.73 Å². The third-order valence-corrected chi connectivity index (χ3v) is 3.38. The molecule has 2 N–H and O–H groups in total. The van der Waals surface area contributed by atoms with E-state index >= 15 is 0 Å². The lowest BCUT2D eigenvalue weighted by molar-refractivity contribution is 0.0995. The molecule has 0 atom stereocenters. The number of nitrogens with zero attached hydrogens (tertiary/aromatic N) is 1. The molecule has 0 aliphatic carbocycles. The number of rotatable bonds is 3. The zero-order valence-electron chi connectivity index (χ0n) is 11.4. The summed E-state index contributed by atoms with van der Waals surface area (Å²) in [6, 6.07) is 12.5. The van der Waals surface area contributed by atoms with Gasteiger partial charge in [0, 0.05) is 10.9 Å². The summed E-state index contributed by atoms with van der Waals surface area (Å²) in [6.07, 6.45) is 0.704. The summed E-state index contributed by atoms with van der Waals surface area (Å²) in [5.74, 6) is -1.01. The highest BCUT2D eigenvalue weighted by atomic mass is 19.1. The number of carbonyl (C=O) groups is 2. The quantitative estimate of drug-likeness (QED) is 0.755. The molecule has 0 aliphatic heterocycles. The molecule has 3 aromatic rings. The van der Waals surface area contributed by atoms with Crippen LogP contribution in [0.3, 0.4) is 0 Å². The largest absolute Gasteiger partial charge is 0.364 e. The lowest BCUT2D eigenvalue weighted by Crippen LogP contribution is -2.13. The molecule has 0 saturated heterocycles. The summed E-state index contributed by atoms with van der Waals surface area (Å²) in [5.41, 5.74) is 7.78. The van der Waals surface area contributed by atoms with Gasteiger partial charge in [-0.1, -0.05) is 24.3 Å². The first-order chi connectivity index (χ1) is 10.6. The second-order valence-corrected chi connectivity index (χ2v) is 4.82. The van der Waals surface area contributed by atoms with Crippen LogP contribution in [-0.4, -0.2) is 17.2 Å². The molecule has 1 heterocycles. The number of fused-ring (bicyclic) bond motifs is 1. The maximum Gasteiger partial charge on any atom is 0.267 e. The van der Waals surface area contributed by atoms with Crippen molar-refractivity contribution < 1.29 is 14.0 Å². The molecule has 0 unspecified atom stereocenters. The van der Waals surface area contributed by atoms with Crippen LogP contribution in [0.4, 0.5) is 4.39 Å². The van der Waals surface area contributed by atoms with Crippen LogP contribution in [0.1, 0.15) is 20.8 Å². The molecule has 0 aliphatic rings. The van der Waals surface area contributed by atoms with Gasteiger partial charge in [0.25, 0.3) is 5.91 Å². The number of hydrogen-bond donors (Lipinski definition) is 1. The lowest BCUT2D eigenvalue weighted by atomic mass is 9.99. The summed E-state index contributed by atoms with van der Waals surface area (Å²) >= 11 is 0. The fourth-order valence-electron chi connectivity index (χ4n) is 2.31. The highest BCUT2D eigenvalue weighted by molar-refractivity contribution is 6.01. The van der Waals surface area contributed by atoms with E-state index in [-0.39, 0.29) is 11.5 Å². The van der Waals surface area contributed by atoms with E-state index in [2.05, 4.69) is 4.98 Å². The van der Waals surface area contributed by atoms with Crippen LogP contribution in [0.25, 0.3) is 22.0 Å². The van der Waals surface area contributed by atoms with Gasteiger partial charge in [-0.15, -0.1) is 0 Å². The normalized spacial score (nSPS) is 10.6. The number of pyridine rings is 1. The fraction of sp³-hybridized carbons (Fsp3) is 0. The smallest absolute Gasteiger partial charge is 0.267 e. The second-order valence-electron chi connectivity index (χ2n) is 4.82. The Morgan fingerprint density at radius 3 is 2.45 bits per heavy atom. The molecule has 0 saturated carbocycles. The van der Waals surface area contributed by atoms with Crippen LogP contribution in [0.2, 0.25) is 0 Å². The highest BCUT2D eigenvalue weighted by Crippen LogP contribution is 2.29. The number of carbonyl (C=O) groups excluding carboxylic acids is 2. The van der Waals surface area contributed by atoms with Crippen LogP contribution in [0.15, 0.2) is 48.5 Å². The number of aromatic nitrogens is 1. The zero-order chi connectivity index (χ0) is 15.7. The predicted octanol–water partition coefficient (Wildman–Crippen LogP) is 2.95. The standard InChI is InChI=1S/C17H11FN2O2/c18-12-4-2-11(3-5-12)14-8-16(17(19)22)20-15-7-10(9-21)1-6-13(14)15/h1-9H,(H2,19,22). The minimum Gasteiger partial charge on any atom is -0.364 e. The van der Waals surface area contributed by atoms with Gasteiger partial charge in [0.1, 0.15) is 17.8 Å². The Bertz CT molecular complexity index is 889. The van der Waals surface area contributed by atoms with Crippen LogP contribution in [0.5, 0.6) is 0 Å². The number of hydrogen-bond acceptors (Lipinski definition) is 3. The molecule has 1 aromatic heterocycles. The van der Waals surface area contributed by atoms with Crippen molar-refractivity contribution in [3.63, 3.8) is 0 Å². The van der Waals surface area contributed by atoms with Gasteiger partial charge in [-0.25, -0.2) is 9.37 Å². The van der Waals surface area contributed by atoms with Crippen LogP contribution < -0.4 is 5.73 Å². The van der Waals surface area contributed by atoms with Crippen molar-refractivity contribution in [1.82, 2.24) is 4.98 Å². The Labute approximate surface area is 125 Å². The van der Waals surface area contributed by atoms with Gasteiger partial charge in [-0.2, -0.15) is 0 Å². The van der Waals surface area contributed by atoms with Gasteiger partial charge in [0.15, 0.2) is 0 Å². The van der Waals surface area contributed by atoms with Gasteiger partial charge in [-0.05, 0) is 35.4 Å². The molecule has 0 bridgehead atoms. The third-order valence-electron chi connectivity index (χ3n) is 3.38. The Morgan fingerprint density at radius 1 is 1.09 bits per heavy atom. The molecule has 0 radical (unpaired) electrons. The Morgan fingerprint density at radius 2 is 1.82 bits per heavy atom. The van der Waals surface area contributed by atoms with Crippen LogP contribution in [-0.2, 0) is 0 Å². The molecule has 22 heavy (non-hydrogen) atoms. The summed E-state index contributed by atoms with van der Waals surface area (Å²) < 4.78 is 13.1. The minimum absolute atomic E-state index is 0.0925. The van der Waals surface area contributed by atoms with Gasteiger partial charge >= 0.3 is 0 Å². The molecule has 5 heteroatoms. The molecule has 1 amide bonds. The predicted molar refractivity (Wildman–Crippen MR) is 81.0 cm³/mol. The highest BCUT2D eigenvalue weighted by Gasteiger charge is 2.12.